The standard InChI is InChI=1S/C25H35N3O3/c1-17(2)15-21(24(30)26-20-13-9-6-10-14-20)28-25(31)23(18(3)4)27-22(16-29)19-11-7-5-8-12-19/h5-14,17-18,21-23,27,29H,15-16H2,1-4H3,(H,26,30)(H,28,31). The van der Waals surface area contributed by atoms with Crippen LogP contribution in [0.15, 0.2) is 60.7 Å². The highest BCUT2D eigenvalue weighted by Gasteiger charge is 2.30. The number of anilines is 1. The van der Waals surface area contributed by atoms with Crippen LogP contribution in [-0.2, 0) is 9.59 Å². The third-order valence-electron chi connectivity index (χ3n) is 5.10. The molecule has 2 aromatic rings. The molecule has 2 rings (SSSR count). The summed E-state index contributed by atoms with van der Waals surface area (Å²) >= 11 is 0. The monoisotopic (exact) mass is 425 g/mol. The van der Waals surface area contributed by atoms with Gasteiger partial charge in [-0.15, -0.1) is 0 Å². The van der Waals surface area contributed by atoms with Crippen LogP contribution in [-0.4, -0.2) is 35.6 Å². The maximum Gasteiger partial charge on any atom is 0.246 e. The van der Waals surface area contributed by atoms with E-state index >= 15 is 0 Å². The maximum atomic E-state index is 13.2. The van der Waals surface area contributed by atoms with E-state index in [4.69, 9.17) is 0 Å². The molecule has 0 spiro atoms. The van der Waals surface area contributed by atoms with Gasteiger partial charge in [0.25, 0.3) is 0 Å². The van der Waals surface area contributed by atoms with E-state index < -0.39 is 12.1 Å². The summed E-state index contributed by atoms with van der Waals surface area (Å²) in [5.74, 6) is -0.294. The second-order valence-corrected chi connectivity index (χ2v) is 8.58. The summed E-state index contributed by atoms with van der Waals surface area (Å²) in [5.41, 5.74) is 1.60. The highest BCUT2D eigenvalue weighted by Crippen LogP contribution is 2.16. The Balaban J connectivity index is 2.13. The number of carbonyl (C=O) groups excluding carboxylic acids is 2. The fraction of sp³-hybridized carbons (Fsp3) is 0.440. The van der Waals surface area contributed by atoms with Gasteiger partial charge in [-0.05, 0) is 36.0 Å². The molecule has 0 heterocycles. The summed E-state index contributed by atoms with van der Waals surface area (Å²) in [6.07, 6.45) is 0.525. The lowest BCUT2D eigenvalue weighted by atomic mass is 9.98. The van der Waals surface area contributed by atoms with Crippen LogP contribution in [0.2, 0.25) is 0 Å². The van der Waals surface area contributed by atoms with Gasteiger partial charge in [0.1, 0.15) is 6.04 Å². The Morgan fingerprint density at radius 3 is 1.97 bits per heavy atom. The molecule has 6 nitrogen and oxygen atoms in total. The molecule has 0 aliphatic rings. The predicted molar refractivity (Wildman–Crippen MR) is 124 cm³/mol. The Hall–Kier alpha value is -2.70. The third-order valence-corrected chi connectivity index (χ3v) is 5.10. The van der Waals surface area contributed by atoms with Crippen molar-refractivity contribution in [1.82, 2.24) is 10.6 Å². The summed E-state index contributed by atoms with van der Waals surface area (Å²) in [6.45, 7) is 7.79. The number of amides is 2. The first-order chi connectivity index (χ1) is 14.8. The number of hydrogen-bond donors (Lipinski definition) is 4. The molecular weight excluding hydrogens is 390 g/mol. The molecule has 6 heteroatoms. The molecule has 2 aromatic carbocycles. The average Bonchev–Trinajstić information content (AvgIpc) is 2.74. The number of nitrogens with one attached hydrogen (secondary N) is 3. The van der Waals surface area contributed by atoms with Crippen LogP contribution < -0.4 is 16.0 Å². The van der Waals surface area contributed by atoms with Crippen LogP contribution >= 0.6 is 0 Å². The molecule has 0 radical (unpaired) electrons. The first-order valence-electron chi connectivity index (χ1n) is 10.9. The lowest BCUT2D eigenvalue weighted by Gasteiger charge is -2.29. The number of aliphatic hydroxyl groups is 1. The molecule has 0 saturated carbocycles. The number of benzene rings is 2. The minimum atomic E-state index is -0.653. The van der Waals surface area contributed by atoms with Gasteiger partial charge in [-0.1, -0.05) is 76.2 Å². The molecule has 4 N–H and O–H groups in total. The van der Waals surface area contributed by atoms with E-state index in [0.29, 0.717) is 12.1 Å². The maximum absolute atomic E-state index is 13.2. The van der Waals surface area contributed by atoms with Crippen LogP contribution in [0.25, 0.3) is 0 Å². The van der Waals surface area contributed by atoms with Gasteiger partial charge < -0.3 is 15.7 Å². The molecule has 0 aliphatic heterocycles. The lowest BCUT2D eigenvalue weighted by molar-refractivity contribution is -0.129. The highest BCUT2D eigenvalue weighted by molar-refractivity contribution is 5.97. The lowest BCUT2D eigenvalue weighted by Crippen LogP contribution is -2.54. The first-order valence-corrected chi connectivity index (χ1v) is 10.9. The van der Waals surface area contributed by atoms with Crippen molar-refractivity contribution in [2.24, 2.45) is 11.8 Å². The summed E-state index contributed by atoms with van der Waals surface area (Å²) < 4.78 is 0. The Bertz CT molecular complexity index is 809. The van der Waals surface area contributed by atoms with E-state index in [-0.39, 0.29) is 36.3 Å². The van der Waals surface area contributed by atoms with E-state index in [0.717, 1.165) is 5.56 Å². The Kier molecular flexibility index (Phi) is 9.69. The summed E-state index contributed by atoms with van der Waals surface area (Å²) in [5, 5.41) is 19.0. The molecule has 0 aliphatic carbocycles. The van der Waals surface area contributed by atoms with Crippen LogP contribution in [0.4, 0.5) is 5.69 Å². The molecule has 0 bridgehead atoms. The number of rotatable bonds is 11. The molecule has 3 atom stereocenters. The molecule has 0 saturated heterocycles. The van der Waals surface area contributed by atoms with Crippen LogP contribution in [0.3, 0.4) is 0 Å². The minimum absolute atomic E-state index is 0.0327. The first kappa shape index (κ1) is 24.6. The molecular formula is C25H35N3O3. The second-order valence-electron chi connectivity index (χ2n) is 8.58. The number of para-hydroxylation sites is 1. The number of carbonyl (C=O) groups is 2. The topological polar surface area (TPSA) is 90.5 Å². The van der Waals surface area contributed by atoms with E-state index in [9.17, 15) is 14.7 Å². The average molecular weight is 426 g/mol. The molecule has 0 fully saturated rings. The van der Waals surface area contributed by atoms with E-state index in [1.54, 1.807) is 0 Å². The zero-order chi connectivity index (χ0) is 22.8. The van der Waals surface area contributed by atoms with Gasteiger partial charge in [-0.3, -0.25) is 14.9 Å². The van der Waals surface area contributed by atoms with Crippen molar-refractivity contribution in [2.45, 2.75) is 52.2 Å². The van der Waals surface area contributed by atoms with E-state index in [1.165, 1.54) is 0 Å². The predicted octanol–water partition coefficient (Wildman–Crippen LogP) is 3.50. The van der Waals surface area contributed by atoms with Gasteiger partial charge in [0.2, 0.25) is 11.8 Å². The van der Waals surface area contributed by atoms with Crippen molar-refractivity contribution >= 4 is 17.5 Å². The third kappa shape index (κ3) is 7.81. The van der Waals surface area contributed by atoms with Gasteiger partial charge in [-0.25, -0.2) is 0 Å². The normalized spacial score (nSPS) is 14.2. The van der Waals surface area contributed by atoms with Crippen molar-refractivity contribution in [1.29, 1.82) is 0 Å². The van der Waals surface area contributed by atoms with Crippen molar-refractivity contribution in [2.75, 3.05) is 11.9 Å². The van der Waals surface area contributed by atoms with Gasteiger partial charge in [0, 0.05) is 5.69 Å². The largest absolute Gasteiger partial charge is 0.394 e. The summed E-state index contributed by atoms with van der Waals surface area (Å²) in [4.78, 5) is 26.1. The summed E-state index contributed by atoms with van der Waals surface area (Å²) in [6, 6.07) is 17.2. The van der Waals surface area contributed by atoms with E-state index in [1.807, 2.05) is 88.4 Å². The van der Waals surface area contributed by atoms with Crippen LogP contribution in [0.5, 0.6) is 0 Å². The van der Waals surface area contributed by atoms with Crippen molar-refractivity contribution in [3.05, 3.63) is 66.2 Å². The SMILES string of the molecule is CC(C)CC(NC(=O)C(NC(CO)c1ccccc1)C(C)C)C(=O)Nc1ccccc1. The van der Waals surface area contributed by atoms with Gasteiger partial charge in [0.05, 0.1) is 18.7 Å². The van der Waals surface area contributed by atoms with Gasteiger partial charge in [0.15, 0.2) is 0 Å². The minimum Gasteiger partial charge on any atom is -0.394 e. The Labute approximate surface area is 185 Å². The molecule has 31 heavy (non-hydrogen) atoms. The fourth-order valence-corrected chi connectivity index (χ4v) is 3.44. The Morgan fingerprint density at radius 1 is 0.871 bits per heavy atom. The Morgan fingerprint density at radius 2 is 1.45 bits per heavy atom. The van der Waals surface area contributed by atoms with E-state index in [2.05, 4.69) is 16.0 Å². The molecule has 168 valence electrons. The van der Waals surface area contributed by atoms with Crippen molar-refractivity contribution in [3.8, 4) is 0 Å². The van der Waals surface area contributed by atoms with Gasteiger partial charge in [-0.2, -0.15) is 0 Å². The molecule has 0 aromatic heterocycles. The molecule has 2 amide bonds. The zero-order valence-corrected chi connectivity index (χ0v) is 18.8. The van der Waals surface area contributed by atoms with Crippen LogP contribution in [0.1, 0.15) is 45.7 Å². The highest BCUT2D eigenvalue weighted by atomic mass is 16.3. The number of hydrogen-bond acceptors (Lipinski definition) is 4. The molecule has 3 unspecified atom stereocenters. The van der Waals surface area contributed by atoms with Crippen LogP contribution in [0, 0.1) is 11.8 Å². The fourth-order valence-electron chi connectivity index (χ4n) is 3.44. The smallest absolute Gasteiger partial charge is 0.246 e. The van der Waals surface area contributed by atoms with Crippen molar-refractivity contribution < 1.29 is 14.7 Å². The zero-order valence-electron chi connectivity index (χ0n) is 18.8. The van der Waals surface area contributed by atoms with Crippen molar-refractivity contribution in [3.63, 3.8) is 0 Å². The number of aliphatic hydroxyl groups excluding tert-OH is 1. The van der Waals surface area contributed by atoms with Gasteiger partial charge >= 0.3 is 0 Å². The summed E-state index contributed by atoms with van der Waals surface area (Å²) in [7, 11) is 0. The second kappa shape index (κ2) is 12.2. The quantitative estimate of drug-likeness (QED) is 0.444.